The van der Waals surface area contributed by atoms with Gasteiger partial charge in [0, 0.05) is 18.5 Å². The summed E-state index contributed by atoms with van der Waals surface area (Å²) in [5, 5.41) is 1.01. The third kappa shape index (κ3) is 2.13. The Labute approximate surface area is 89.3 Å². The Morgan fingerprint density at radius 1 is 1.50 bits per heavy atom. The van der Waals surface area contributed by atoms with E-state index in [1.807, 2.05) is 13.8 Å². The van der Waals surface area contributed by atoms with Crippen molar-refractivity contribution in [2.75, 3.05) is 7.11 Å². The molecule has 0 saturated carbocycles. The number of nitrogens with two attached hydrogens (primary N) is 1. The highest BCUT2D eigenvalue weighted by atomic mass is 32.1. The van der Waals surface area contributed by atoms with Gasteiger partial charge in [0.15, 0.2) is 0 Å². The number of hydrogen-bond acceptors (Lipinski definition) is 4. The van der Waals surface area contributed by atoms with Crippen LogP contribution in [0.3, 0.4) is 0 Å². The van der Waals surface area contributed by atoms with Crippen molar-refractivity contribution in [2.45, 2.75) is 39.3 Å². The van der Waals surface area contributed by atoms with Gasteiger partial charge in [0.1, 0.15) is 10.6 Å². The lowest BCUT2D eigenvalue weighted by Crippen LogP contribution is -2.19. The van der Waals surface area contributed by atoms with Crippen molar-refractivity contribution in [1.29, 1.82) is 0 Å². The molecule has 0 aliphatic carbocycles. The third-order valence-corrected chi connectivity index (χ3v) is 3.75. The monoisotopic (exact) mass is 214 g/mol. The first-order chi connectivity index (χ1) is 6.55. The average Bonchev–Trinajstić information content (AvgIpc) is 2.61. The molecule has 0 aliphatic rings. The van der Waals surface area contributed by atoms with Gasteiger partial charge in [-0.25, -0.2) is 4.98 Å². The molecule has 2 N–H and O–H groups in total. The third-order valence-electron chi connectivity index (χ3n) is 2.32. The number of ether oxygens (including phenoxy) is 1. The van der Waals surface area contributed by atoms with Crippen molar-refractivity contribution in [3.63, 3.8) is 0 Å². The molecule has 0 saturated heterocycles. The Morgan fingerprint density at radius 2 is 2.14 bits per heavy atom. The summed E-state index contributed by atoms with van der Waals surface area (Å²) < 4.78 is 5.39. The summed E-state index contributed by atoms with van der Waals surface area (Å²) in [6.45, 7) is 6.70. The number of methoxy groups -OCH3 is 1. The first kappa shape index (κ1) is 11.6. The van der Waals surface area contributed by atoms with Crippen molar-refractivity contribution in [3.8, 4) is 0 Å². The van der Waals surface area contributed by atoms with Crippen LogP contribution in [0.1, 0.15) is 36.3 Å². The maximum Gasteiger partial charge on any atom is 0.125 e. The fourth-order valence-electron chi connectivity index (χ4n) is 1.16. The highest BCUT2D eigenvalue weighted by Crippen LogP contribution is 2.30. The van der Waals surface area contributed by atoms with Crippen LogP contribution in [-0.2, 0) is 23.3 Å². The summed E-state index contributed by atoms with van der Waals surface area (Å²) in [6.07, 6.45) is 0.933. The number of aryl methyl sites for hydroxylation is 1. The lowest BCUT2D eigenvalue weighted by Gasteiger charge is -2.19. The van der Waals surface area contributed by atoms with Crippen LogP contribution >= 0.6 is 11.3 Å². The van der Waals surface area contributed by atoms with Crippen molar-refractivity contribution >= 4 is 11.3 Å². The van der Waals surface area contributed by atoms with Crippen molar-refractivity contribution in [1.82, 2.24) is 4.98 Å². The Hall–Kier alpha value is -0.450. The molecule has 1 heterocycles. The van der Waals surface area contributed by atoms with Crippen LogP contribution in [0.15, 0.2) is 0 Å². The molecule has 4 heteroatoms. The van der Waals surface area contributed by atoms with E-state index >= 15 is 0 Å². The lowest BCUT2D eigenvalue weighted by atomic mass is 10.1. The summed E-state index contributed by atoms with van der Waals surface area (Å²) in [7, 11) is 1.70. The van der Waals surface area contributed by atoms with E-state index in [0.717, 1.165) is 17.1 Å². The predicted octanol–water partition coefficient (Wildman–Crippen LogP) is 2.05. The Balaban J connectivity index is 3.06. The normalized spacial score (nSPS) is 12.1. The molecule has 0 unspecified atom stereocenters. The van der Waals surface area contributed by atoms with E-state index < -0.39 is 0 Å². The zero-order chi connectivity index (χ0) is 10.8. The average molecular weight is 214 g/mol. The minimum Gasteiger partial charge on any atom is -0.372 e. The van der Waals surface area contributed by atoms with Gasteiger partial charge in [-0.1, -0.05) is 6.92 Å². The first-order valence-electron chi connectivity index (χ1n) is 4.79. The van der Waals surface area contributed by atoms with E-state index in [9.17, 15) is 0 Å². The first-order valence-corrected chi connectivity index (χ1v) is 5.61. The summed E-state index contributed by atoms with van der Waals surface area (Å²) in [5.41, 5.74) is 6.46. The minimum absolute atomic E-state index is 0.304. The highest BCUT2D eigenvalue weighted by Gasteiger charge is 2.25. The molecule has 14 heavy (non-hydrogen) atoms. The van der Waals surface area contributed by atoms with E-state index in [-0.39, 0.29) is 5.60 Å². The van der Waals surface area contributed by atoms with Gasteiger partial charge in [0.25, 0.3) is 0 Å². The number of hydrogen-bond donors (Lipinski definition) is 1. The molecule has 0 bridgehead atoms. The standard InChI is InChI=1S/C10H18N2OS/c1-5-7-8(6-11)14-9(12-7)10(2,3)13-4/h5-6,11H2,1-4H3. The van der Waals surface area contributed by atoms with Crippen molar-refractivity contribution < 1.29 is 4.74 Å². The van der Waals surface area contributed by atoms with Crippen LogP contribution in [-0.4, -0.2) is 12.1 Å². The molecule has 0 atom stereocenters. The number of nitrogens with zero attached hydrogens (tertiary/aromatic N) is 1. The summed E-state index contributed by atoms with van der Waals surface area (Å²) in [4.78, 5) is 5.73. The molecule has 1 aromatic heterocycles. The smallest absolute Gasteiger partial charge is 0.125 e. The molecule has 80 valence electrons. The van der Waals surface area contributed by atoms with E-state index in [1.165, 1.54) is 4.88 Å². The maximum absolute atomic E-state index is 5.65. The fraction of sp³-hybridized carbons (Fsp3) is 0.700. The molecular weight excluding hydrogens is 196 g/mol. The quantitative estimate of drug-likeness (QED) is 0.834. The van der Waals surface area contributed by atoms with Crippen LogP contribution in [0.2, 0.25) is 0 Å². The van der Waals surface area contributed by atoms with Crippen molar-refractivity contribution in [3.05, 3.63) is 15.6 Å². The van der Waals surface area contributed by atoms with Crippen LogP contribution in [0.4, 0.5) is 0 Å². The molecule has 0 radical (unpaired) electrons. The Morgan fingerprint density at radius 3 is 2.50 bits per heavy atom. The fourth-order valence-corrected chi connectivity index (χ4v) is 2.27. The molecule has 0 aliphatic heterocycles. The van der Waals surface area contributed by atoms with Gasteiger partial charge in [-0.05, 0) is 20.3 Å². The largest absolute Gasteiger partial charge is 0.372 e. The summed E-state index contributed by atoms with van der Waals surface area (Å²) in [5.74, 6) is 0. The molecule has 0 spiro atoms. The molecule has 1 rings (SSSR count). The van der Waals surface area contributed by atoms with Crippen LogP contribution in [0.5, 0.6) is 0 Å². The molecule has 0 fully saturated rings. The predicted molar refractivity (Wildman–Crippen MR) is 59.4 cm³/mol. The maximum atomic E-state index is 5.65. The van der Waals surface area contributed by atoms with E-state index in [4.69, 9.17) is 10.5 Å². The second-order valence-electron chi connectivity index (χ2n) is 3.66. The highest BCUT2D eigenvalue weighted by molar-refractivity contribution is 7.11. The van der Waals surface area contributed by atoms with E-state index in [2.05, 4.69) is 11.9 Å². The molecule has 0 aromatic carbocycles. The van der Waals surface area contributed by atoms with Gasteiger partial charge in [-0.3, -0.25) is 0 Å². The van der Waals surface area contributed by atoms with Crippen LogP contribution < -0.4 is 5.73 Å². The molecule has 1 aromatic rings. The molecule has 0 amide bonds. The van der Waals surface area contributed by atoms with Gasteiger partial charge in [-0.2, -0.15) is 0 Å². The van der Waals surface area contributed by atoms with Crippen LogP contribution in [0.25, 0.3) is 0 Å². The second kappa shape index (κ2) is 4.38. The zero-order valence-corrected chi connectivity index (χ0v) is 10.1. The minimum atomic E-state index is -0.304. The zero-order valence-electron chi connectivity index (χ0n) is 9.26. The van der Waals surface area contributed by atoms with Crippen LogP contribution in [0, 0.1) is 0 Å². The van der Waals surface area contributed by atoms with Gasteiger partial charge in [-0.15, -0.1) is 11.3 Å². The summed E-state index contributed by atoms with van der Waals surface area (Å²) >= 11 is 1.65. The van der Waals surface area contributed by atoms with Gasteiger partial charge in [0.2, 0.25) is 0 Å². The number of aromatic nitrogens is 1. The second-order valence-corrected chi connectivity index (χ2v) is 4.74. The number of rotatable bonds is 4. The SMILES string of the molecule is CCc1nc(C(C)(C)OC)sc1CN. The topological polar surface area (TPSA) is 48.1 Å². The number of thiazole rings is 1. The Kier molecular flexibility index (Phi) is 3.64. The van der Waals surface area contributed by atoms with Crippen molar-refractivity contribution in [2.24, 2.45) is 5.73 Å². The summed E-state index contributed by atoms with van der Waals surface area (Å²) in [6, 6.07) is 0. The Bertz CT molecular complexity index is 286. The van der Waals surface area contributed by atoms with Gasteiger partial charge in [0.05, 0.1) is 5.69 Å². The molecular formula is C10H18N2OS. The van der Waals surface area contributed by atoms with Gasteiger partial charge < -0.3 is 10.5 Å². The lowest BCUT2D eigenvalue weighted by molar-refractivity contribution is 0.0189. The molecule has 3 nitrogen and oxygen atoms in total. The van der Waals surface area contributed by atoms with E-state index in [0.29, 0.717) is 6.54 Å². The van der Waals surface area contributed by atoms with Gasteiger partial charge >= 0.3 is 0 Å². The van der Waals surface area contributed by atoms with E-state index in [1.54, 1.807) is 18.4 Å².